The smallest absolute Gasteiger partial charge is 0.212 e. The molecular weight excluding hydrogens is 230 g/mol. The SMILES string of the molecule is CC(C)CCS(=O)(=O)NC(C)c1nn[nH]n1. The van der Waals surface area contributed by atoms with Gasteiger partial charge in [-0.05, 0) is 19.3 Å². The van der Waals surface area contributed by atoms with E-state index in [-0.39, 0.29) is 5.75 Å². The van der Waals surface area contributed by atoms with E-state index in [9.17, 15) is 8.42 Å². The Morgan fingerprint density at radius 2 is 2.06 bits per heavy atom. The normalized spacial score (nSPS) is 14.2. The molecule has 1 atom stereocenters. The minimum absolute atomic E-state index is 0.118. The minimum Gasteiger partial charge on any atom is -0.212 e. The Balaban J connectivity index is 2.53. The molecule has 0 saturated carbocycles. The van der Waals surface area contributed by atoms with E-state index < -0.39 is 16.1 Å². The van der Waals surface area contributed by atoms with Gasteiger partial charge in [-0.1, -0.05) is 19.1 Å². The zero-order valence-corrected chi connectivity index (χ0v) is 10.5. The van der Waals surface area contributed by atoms with Crippen molar-refractivity contribution in [3.63, 3.8) is 0 Å². The summed E-state index contributed by atoms with van der Waals surface area (Å²) in [6.07, 6.45) is 0.633. The molecule has 0 aliphatic heterocycles. The van der Waals surface area contributed by atoms with Crippen LogP contribution in [0.25, 0.3) is 0 Å². The van der Waals surface area contributed by atoms with E-state index in [4.69, 9.17) is 0 Å². The van der Waals surface area contributed by atoms with E-state index in [0.29, 0.717) is 18.2 Å². The summed E-state index contributed by atoms with van der Waals surface area (Å²) in [5.41, 5.74) is 0. The molecule has 92 valence electrons. The number of nitrogens with one attached hydrogen (secondary N) is 2. The monoisotopic (exact) mass is 247 g/mol. The molecule has 1 aromatic rings. The number of rotatable bonds is 6. The number of aromatic amines is 1. The fraction of sp³-hybridized carbons (Fsp3) is 0.875. The number of aromatic nitrogens is 4. The lowest BCUT2D eigenvalue weighted by atomic mass is 10.2. The molecule has 0 aliphatic carbocycles. The summed E-state index contributed by atoms with van der Waals surface area (Å²) in [6.45, 7) is 5.65. The van der Waals surface area contributed by atoms with Crippen LogP contribution in [0.4, 0.5) is 0 Å². The number of sulfonamides is 1. The molecule has 0 spiro atoms. The lowest BCUT2D eigenvalue weighted by Crippen LogP contribution is -2.30. The van der Waals surface area contributed by atoms with Gasteiger partial charge in [0.15, 0.2) is 5.82 Å². The van der Waals surface area contributed by atoms with Gasteiger partial charge >= 0.3 is 0 Å². The minimum atomic E-state index is -3.27. The van der Waals surface area contributed by atoms with Gasteiger partial charge in [0, 0.05) is 0 Å². The maximum atomic E-state index is 11.6. The van der Waals surface area contributed by atoms with Crippen LogP contribution >= 0.6 is 0 Å². The second kappa shape index (κ2) is 5.35. The first kappa shape index (κ1) is 13.0. The van der Waals surface area contributed by atoms with Crippen LogP contribution in [0.5, 0.6) is 0 Å². The molecule has 0 fully saturated rings. The van der Waals surface area contributed by atoms with E-state index in [2.05, 4.69) is 25.3 Å². The number of hydrogen-bond donors (Lipinski definition) is 2. The van der Waals surface area contributed by atoms with Gasteiger partial charge in [-0.15, -0.1) is 10.2 Å². The summed E-state index contributed by atoms with van der Waals surface area (Å²) in [5, 5.41) is 13.1. The van der Waals surface area contributed by atoms with Crippen molar-refractivity contribution >= 4 is 10.0 Å². The molecule has 0 amide bonds. The summed E-state index contributed by atoms with van der Waals surface area (Å²) in [7, 11) is -3.27. The van der Waals surface area contributed by atoms with E-state index in [1.807, 2.05) is 13.8 Å². The van der Waals surface area contributed by atoms with Crippen LogP contribution in [0.15, 0.2) is 0 Å². The first-order valence-electron chi connectivity index (χ1n) is 5.14. The summed E-state index contributed by atoms with van der Waals surface area (Å²) in [4.78, 5) is 0. The van der Waals surface area contributed by atoms with Crippen molar-refractivity contribution in [2.45, 2.75) is 33.2 Å². The Morgan fingerprint density at radius 3 is 2.56 bits per heavy atom. The highest BCUT2D eigenvalue weighted by Crippen LogP contribution is 2.08. The largest absolute Gasteiger partial charge is 0.212 e. The molecule has 2 N–H and O–H groups in total. The van der Waals surface area contributed by atoms with Gasteiger partial charge in [-0.3, -0.25) is 0 Å². The predicted octanol–water partition coefficient (Wildman–Crippen LogP) is 0.226. The van der Waals surface area contributed by atoms with Gasteiger partial charge in [0.25, 0.3) is 0 Å². The highest BCUT2D eigenvalue weighted by atomic mass is 32.2. The van der Waals surface area contributed by atoms with Crippen molar-refractivity contribution in [1.29, 1.82) is 0 Å². The van der Waals surface area contributed by atoms with Crippen LogP contribution in [0.3, 0.4) is 0 Å². The van der Waals surface area contributed by atoms with Gasteiger partial charge in [-0.25, -0.2) is 13.1 Å². The molecule has 0 radical (unpaired) electrons. The summed E-state index contributed by atoms with van der Waals surface area (Å²) < 4.78 is 25.8. The van der Waals surface area contributed by atoms with Gasteiger partial charge in [-0.2, -0.15) is 5.21 Å². The van der Waals surface area contributed by atoms with Gasteiger partial charge in [0.05, 0.1) is 11.8 Å². The first-order chi connectivity index (χ1) is 7.41. The Bertz CT molecular complexity index is 400. The fourth-order valence-electron chi connectivity index (χ4n) is 1.12. The maximum absolute atomic E-state index is 11.6. The second-order valence-corrected chi connectivity index (χ2v) is 5.98. The molecular formula is C8H17N5O2S. The van der Waals surface area contributed by atoms with Crippen molar-refractivity contribution in [2.24, 2.45) is 5.92 Å². The van der Waals surface area contributed by atoms with E-state index in [0.717, 1.165) is 0 Å². The quantitative estimate of drug-likeness (QED) is 0.749. The van der Waals surface area contributed by atoms with Crippen molar-refractivity contribution in [2.75, 3.05) is 5.75 Å². The Labute approximate surface area is 95.1 Å². The molecule has 0 aliphatic rings. The average molecular weight is 247 g/mol. The number of H-pyrrole nitrogens is 1. The highest BCUT2D eigenvalue weighted by Gasteiger charge is 2.18. The summed E-state index contributed by atoms with van der Waals surface area (Å²) >= 11 is 0. The Morgan fingerprint density at radius 1 is 1.38 bits per heavy atom. The van der Waals surface area contributed by atoms with Crippen LogP contribution in [-0.4, -0.2) is 34.8 Å². The lowest BCUT2D eigenvalue weighted by Gasteiger charge is -2.11. The molecule has 0 saturated heterocycles. The third-order valence-electron chi connectivity index (χ3n) is 2.07. The molecule has 7 nitrogen and oxygen atoms in total. The molecule has 1 rings (SSSR count). The van der Waals surface area contributed by atoms with Gasteiger partial charge in [0.1, 0.15) is 0 Å². The highest BCUT2D eigenvalue weighted by molar-refractivity contribution is 7.89. The summed E-state index contributed by atoms with van der Waals surface area (Å²) in [6, 6.07) is -0.462. The third-order valence-corrected chi connectivity index (χ3v) is 3.56. The number of hydrogen-bond acceptors (Lipinski definition) is 5. The van der Waals surface area contributed by atoms with Crippen LogP contribution in [-0.2, 0) is 10.0 Å². The predicted molar refractivity (Wildman–Crippen MR) is 59.0 cm³/mol. The van der Waals surface area contributed by atoms with Crippen LogP contribution in [0.2, 0.25) is 0 Å². The van der Waals surface area contributed by atoms with Crippen molar-refractivity contribution in [1.82, 2.24) is 25.3 Å². The van der Waals surface area contributed by atoms with Crippen LogP contribution < -0.4 is 4.72 Å². The van der Waals surface area contributed by atoms with Crippen molar-refractivity contribution in [3.8, 4) is 0 Å². The molecule has 1 heterocycles. The van der Waals surface area contributed by atoms with E-state index in [1.165, 1.54) is 0 Å². The molecule has 1 aromatic heterocycles. The molecule has 0 aromatic carbocycles. The van der Waals surface area contributed by atoms with Crippen molar-refractivity contribution in [3.05, 3.63) is 5.82 Å². The second-order valence-electron chi connectivity index (χ2n) is 4.11. The summed E-state index contributed by atoms with van der Waals surface area (Å²) in [5.74, 6) is 0.817. The Hall–Kier alpha value is -1.02. The lowest BCUT2D eigenvalue weighted by molar-refractivity contribution is 0.545. The molecule has 16 heavy (non-hydrogen) atoms. The molecule has 8 heteroatoms. The third kappa shape index (κ3) is 4.23. The number of nitrogens with zero attached hydrogens (tertiary/aromatic N) is 3. The molecule has 1 unspecified atom stereocenters. The maximum Gasteiger partial charge on any atom is 0.212 e. The topological polar surface area (TPSA) is 101 Å². The first-order valence-corrected chi connectivity index (χ1v) is 6.79. The molecule has 0 bridgehead atoms. The Kier molecular flexibility index (Phi) is 4.36. The standard InChI is InChI=1S/C8H17N5O2S/c1-6(2)4-5-16(14,15)11-7(3)8-9-12-13-10-8/h6-7,11H,4-5H2,1-3H3,(H,9,10,12,13). The average Bonchev–Trinajstić information content (AvgIpc) is 2.67. The van der Waals surface area contributed by atoms with Crippen molar-refractivity contribution < 1.29 is 8.42 Å². The van der Waals surface area contributed by atoms with Gasteiger partial charge < -0.3 is 0 Å². The number of tetrazole rings is 1. The zero-order chi connectivity index (χ0) is 12.2. The van der Waals surface area contributed by atoms with E-state index in [1.54, 1.807) is 6.92 Å². The van der Waals surface area contributed by atoms with E-state index >= 15 is 0 Å². The van der Waals surface area contributed by atoms with Gasteiger partial charge in [0.2, 0.25) is 10.0 Å². The fourth-order valence-corrected chi connectivity index (χ4v) is 2.67. The zero-order valence-electron chi connectivity index (χ0n) is 9.64. The van der Waals surface area contributed by atoms with Crippen LogP contribution in [0.1, 0.15) is 39.1 Å². The van der Waals surface area contributed by atoms with Crippen LogP contribution in [0, 0.1) is 5.92 Å².